The van der Waals surface area contributed by atoms with Crippen LogP contribution in [0, 0.1) is 0 Å². The second-order valence-corrected chi connectivity index (χ2v) is 3.51. The molecule has 0 atom stereocenters. The molecular weight excluding hydrogens is 176 g/mol. The molecule has 0 radical (unpaired) electrons. The molecule has 3 heteroatoms. The van der Waals surface area contributed by atoms with Crippen molar-refractivity contribution in [2.75, 3.05) is 23.8 Å². The van der Waals surface area contributed by atoms with E-state index in [1.807, 2.05) is 24.1 Å². The summed E-state index contributed by atoms with van der Waals surface area (Å²) in [6, 6.07) is 6.12. The summed E-state index contributed by atoms with van der Waals surface area (Å²) in [7, 11) is 1.90. The summed E-state index contributed by atoms with van der Waals surface area (Å²) >= 11 is 0. The van der Waals surface area contributed by atoms with Crippen molar-refractivity contribution < 1.29 is 4.79 Å². The number of carbonyl (C=O) groups is 1. The molecule has 0 unspecified atom stereocenters. The Hall–Kier alpha value is -1.51. The average molecular weight is 190 g/mol. The molecule has 3 nitrogen and oxygen atoms in total. The Kier molecular flexibility index (Phi) is 2.15. The number of rotatable bonds is 1. The van der Waals surface area contributed by atoms with E-state index in [-0.39, 0.29) is 5.91 Å². The van der Waals surface area contributed by atoms with Crippen LogP contribution in [0.25, 0.3) is 0 Å². The van der Waals surface area contributed by atoms with Gasteiger partial charge in [-0.1, -0.05) is 0 Å². The summed E-state index contributed by atoms with van der Waals surface area (Å²) in [5.74, 6) is 0.126. The predicted molar refractivity (Wildman–Crippen MR) is 57.7 cm³/mol. The Morgan fingerprint density at radius 2 is 2.29 bits per heavy atom. The first-order valence-electron chi connectivity index (χ1n) is 4.81. The van der Waals surface area contributed by atoms with Crippen molar-refractivity contribution in [3.8, 4) is 0 Å². The average Bonchev–Trinajstić information content (AvgIpc) is 2.59. The lowest BCUT2D eigenvalue weighted by Crippen LogP contribution is -2.25. The highest BCUT2D eigenvalue weighted by Gasteiger charge is 2.21. The van der Waals surface area contributed by atoms with Crippen LogP contribution in [0.3, 0.4) is 0 Å². The standard InChI is InChI=1S/C11H14N2O/c1-8(14)13-6-5-9-7-10(12-2)3-4-11(9)13/h3-4,7,12H,5-6H2,1-2H3. The number of benzene rings is 1. The molecule has 2 rings (SSSR count). The number of nitrogens with one attached hydrogen (secondary N) is 1. The molecule has 1 aliphatic heterocycles. The highest BCUT2D eigenvalue weighted by molar-refractivity contribution is 5.94. The zero-order valence-corrected chi connectivity index (χ0v) is 8.50. The fourth-order valence-corrected chi connectivity index (χ4v) is 1.88. The highest BCUT2D eigenvalue weighted by atomic mass is 16.2. The first-order valence-corrected chi connectivity index (χ1v) is 4.81. The zero-order valence-electron chi connectivity index (χ0n) is 8.50. The van der Waals surface area contributed by atoms with Crippen LogP contribution in [0.1, 0.15) is 12.5 Å². The van der Waals surface area contributed by atoms with E-state index in [1.165, 1.54) is 5.56 Å². The van der Waals surface area contributed by atoms with Gasteiger partial charge in [-0.15, -0.1) is 0 Å². The SMILES string of the molecule is CNc1ccc2c(c1)CCN2C(C)=O. The van der Waals surface area contributed by atoms with E-state index in [4.69, 9.17) is 0 Å². The van der Waals surface area contributed by atoms with Gasteiger partial charge in [-0.25, -0.2) is 0 Å². The van der Waals surface area contributed by atoms with Gasteiger partial charge in [0.1, 0.15) is 0 Å². The minimum absolute atomic E-state index is 0.126. The summed E-state index contributed by atoms with van der Waals surface area (Å²) in [5, 5.41) is 3.10. The number of hydrogen-bond donors (Lipinski definition) is 1. The van der Waals surface area contributed by atoms with E-state index in [2.05, 4.69) is 11.4 Å². The van der Waals surface area contributed by atoms with Crippen molar-refractivity contribution >= 4 is 17.3 Å². The third-order valence-corrected chi connectivity index (χ3v) is 2.64. The van der Waals surface area contributed by atoms with Crippen molar-refractivity contribution in [2.45, 2.75) is 13.3 Å². The fraction of sp³-hybridized carbons (Fsp3) is 0.364. The largest absolute Gasteiger partial charge is 0.388 e. The number of carbonyl (C=O) groups excluding carboxylic acids is 1. The zero-order chi connectivity index (χ0) is 10.1. The third-order valence-electron chi connectivity index (χ3n) is 2.64. The van der Waals surface area contributed by atoms with Gasteiger partial charge in [0, 0.05) is 31.9 Å². The van der Waals surface area contributed by atoms with Crippen LogP contribution < -0.4 is 10.2 Å². The fourth-order valence-electron chi connectivity index (χ4n) is 1.88. The van der Waals surface area contributed by atoms with Crippen molar-refractivity contribution in [3.05, 3.63) is 23.8 Å². The molecule has 0 aromatic heterocycles. The number of amides is 1. The molecule has 1 aromatic carbocycles. The minimum Gasteiger partial charge on any atom is -0.388 e. The molecule has 1 aliphatic rings. The van der Waals surface area contributed by atoms with Gasteiger partial charge >= 0.3 is 0 Å². The molecule has 0 spiro atoms. The van der Waals surface area contributed by atoms with Gasteiger partial charge in [-0.05, 0) is 30.2 Å². The van der Waals surface area contributed by atoms with Crippen LogP contribution >= 0.6 is 0 Å². The summed E-state index contributed by atoms with van der Waals surface area (Å²) in [5.41, 5.74) is 3.43. The van der Waals surface area contributed by atoms with Crippen molar-refractivity contribution in [1.82, 2.24) is 0 Å². The number of anilines is 2. The molecule has 0 fully saturated rings. The van der Waals surface area contributed by atoms with Gasteiger partial charge in [0.25, 0.3) is 0 Å². The molecular formula is C11H14N2O. The second kappa shape index (κ2) is 3.33. The Labute approximate surface area is 83.7 Å². The van der Waals surface area contributed by atoms with Gasteiger partial charge in [-0.3, -0.25) is 4.79 Å². The van der Waals surface area contributed by atoms with Crippen LogP contribution in [-0.2, 0) is 11.2 Å². The van der Waals surface area contributed by atoms with Crippen LogP contribution in [-0.4, -0.2) is 19.5 Å². The Morgan fingerprint density at radius 3 is 2.93 bits per heavy atom. The van der Waals surface area contributed by atoms with Crippen LogP contribution in [0.2, 0.25) is 0 Å². The highest BCUT2D eigenvalue weighted by Crippen LogP contribution is 2.30. The maximum absolute atomic E-state index is 11.3. The lowest BCUT2D eigenvalue weighted by molar-refractivity contribution is -0.116. The Bertz CT molecular complexity index is 374. The third kappa shape index (κ3) is 1.35. The first-order chi connectivity index (χ1) is 6.72. The van der Waals surface area contributed by atoms with Gasteiger partial charge < -0.3 is 10.2 Å². The van der Waals surface area contributed by atoms with Gasteiger partial charge in [-0.2, -0.15) is 0 Å². The van der Waals surface area contributed by atoms with E-state index < -0.39 is 0 Å². The molecule has 1 aromatic rings. The smallest absolute Gasteiger partial charge is 0.223 e. The molecule has 74 valence electrons. The molecule has 0 saturated carbocycles. The lowest BCUT2D eigenvalue weighted by Gasteiger charge is -2.14. The van der Waals surface area contributed by atoms with Crippen molar-refractivity contribution in [2.24, 2.45) is 0 Å². The summed E-state index contributed by atoms with van der Waals surface area (Å²) in [6.07, 6.45) is 0.963. The van der Waals surface area contributed by atoms with E-state index in [0.717, 1.165) is 24.3 Å². The van der Waals surface area contributed by atoms with E-state index in [0.29, 0.717) is 0 Å². The Balaban J connectivity index is 2.38. The quantitative estimate of drug-likeness (QED) is 0.730. The molecule has 0 bridgehead atoms. The maximum atomic E-state index is 11.3. The minimum atomic E-state index is 0.126. The monoisotopic (exact) mass is 190 g/mol. The second-order valence-electron chi connectivity index (χ2n) is 3.51. The molecule has 1 N–H and O–H groups in total. The van der Waals surface area contributed by atoms with Gasteiger partial charge in [0.15, 0.2) is 0 Å². The van der Waals surface area contributed by atoms with Crippen molar-refractivity contribution in [1.29, 1.82) is 0 Å². The van der Waals surface area contributed by atoms with Crippen LogP contribution in [0.15, 0.2) is 18.2 Å². The molecule has 0 aliphatic carbocycles. The van der Waals surface area contributed by atoms with Crippen molar-refractivity contribution in [3.63, 3.8) is 0 Å². The normalized spacial score (nSPS) is 14.0. The molecule has 1 heterocycles. The first kappa shape index (κ1) is 9.06. The van der Waals surface area contributed by atoms with E-state index >= 15 is 0 Å². The summed E-state index contributed by atoms with van der Waals surface area (Å²) in [4.78, 5) is 13.1. The molecule has 14 heavy (non-hydrogen) atoms. The number of hydrogen-bond acceptors (Lipinski definition) is 2. The Morgan fingerprint density at radius 1 is 1.50 bits per heavy atom. The van der Waals surface area contributed by atoms with Gasteiger partial charge in [0.2, 0.25) is 5.91 Å². The molecule has 0 saturated heterocycles. The summed E-state index contributed by atoms with van der Waals surface area (Å²) in [6.45, 7) is 2.43. The van der Waals surface area contributed by atoms with E-state index in [9.17, 15) is 4.79 Å². The number of nitrogens with zero attached hydrogens (tertiary/aromatic N) is 1. The van der Waals surface area contributed by atoms with Crippen LogP contribution in [0.5, 0.6) is 0 Å². The lowest BCUT2D eigenvalue weighted by atomic mass is 10.1. The summed E-state index contributed by atoms with van der Waals surface area (Å²) < 4.78 is 0. The van der Waals surface area contributed by atoms with Gasteiger partial charge in [0.05, 0.1) is 0 Å². The molecule has 1 amide bonds. The van der Waals surface area contributed by atoms with Crippen LogP contribution in [0.4, 0.5) is 11.4 Å². The maximum Gasteiger partial charge on any atom is 0.223 e. The number of fused-ring (bicyclic) bond motifs is 1. The predicted octanol–water partition coefficient (Wildman–Crippen LogP) is 1.64. The van der Waals surface area contributed by atoms with E-state index in [1.54, 1.807) is 6.92 Å². The topological polar surface area (TPSA) is 32.3 Å².